The van der Waals surface area contributed by atoms with E-state index in [0.717, 1.165) is 82.8 Å². The summed E-state index contributed by atoms with van der Waals surface area (Å²) in [6, 6.07) is 11.2. The van der Waals surface area contributed by atoms with Crippen LogP contribution in [0, 0.1) is 12.7 Å². The summed E-state index contributed by atoms with van der Waals surface area (Å²) in [4.78, 5) is 23.1. The molecule has 2 saturated heterocycles. The van der Waals surface area contributed by atoms with E-state index < -0.39 is 0 Å². The SMILES string of the molecule is Cc1cc(F)cc(-c2cnc3ccc(C4=CC5=NC(=O)NC5C=C4)cc3c2N2CCC3OCCN[C@@H]3C2)c1. The Morgan fingerprint density at radius 3 is 2.97 bits per heavy atom. The summed E-state index contributed by atoms with van der Waals surface area (Å²) in [6.45, 7) is 5.13. The lowest BCUT2D eigenvalue weighted by molar-refractivity contribution is -0.0134. The van der Waals surface area contributed by atoms with Gasteiger partial charge in [0.1, 0.15) is 5.82 Å². The van der Waals surface area contributed by atoms with Crippen LogP contribution >= 0.6 is 0 Å². The van der Waals surface area contributed by atoms with E-state index in [0.29, 0.717) is 0 Å². The molecule has 7 nitrogen and oxygen atoms in total. The first kappa shape index (κ1) is 23.3. The number of morpholine rings is 1. The van der Waals surface area contributed by atoms with Gasteiger partial charge in [-0.3, -0.25) is 4.98 Å². The van der Waals surface area contributed by atoms with Crippen LogP contribution in [0.1, 0.15) is 17.5 Å². The van der Waals surface area contributed by atoms with Crippen molar-refractivity contribution >= 4 is 33.9 Å². The molecule has 0 radical (unpaired) electrons. The predicted molar refractivity (Wildman–Crippen MR) is 147 cm³/mol. The Hall–Kier alpha value is -3.88. The minimum atomic E-state index is -0.309. The number of benzene rings is 2. The molecule has 2 unspecified atom stereocenters. The van der Waals surface area contributed by atoms with Crippen LogP contribution in [-0.2, 0) is 4.74 Å². The fraction of sp³-hybridized carbons (Fsp3) is 0.300. The molecule has 3 aromatic rings. The van der Waals surface area contributed by atoms with E-state index in [-0.39, 0.29) is 30.0 Å². The molecule has 0 bridgehead atoms. The van der Waals surface area contributed by atoms with E-state index in [2.05, 4.69) is 32.7 Å². The Bertz CT molecular complexity index is 1540. The molecule has 2 aromatic carbocycles. The van der Waals surface area contributed by atoms with Crippen LogP contribution in [0.5, 0.6) is 0 Å². The zero-order chi connectivity index (χ0) is 25.8. The lowest BCUT2D eigenvalue weighted by Gasteiger charge is -2.43. The molecule has 2 amide bonds. The number of fused-ring (bicyclic) bond motifs is 3. The number of carbonyl (C=O) groups is 1. The number of pyridine rings is 1. The number of aryl methyl sites for hydroxylation is 1. The Balaban J connectivity index is 1.38. The highest BCUT2D eigenvalue weighted by molar-refractivity contribution is 6.17. The summed E-state index contributed by atoms with van der Waals surface area (Å²) in [5, 5.41) is 7.47. The number of aliphatic imine (C=N–C) groups is 1. The maximum atomic E-state index is 14.5. The van der Waals surface area contributed by atoms with Crippen molar-refractivity contribution in [1.82, 2.24) is 15.6 Å². The van der Waals surface area contributed by atoms with Gasteiger partial charge < -0.3 is 20.3 Å². The van der Waals surface area contributed by atoms with Gasteiger partial charge in [-0.2, -0.15) is 4.99 Å². The van der Waals surface area contributed by atoms with Gasteiger partial charge in [0, 0.05) is 36.8 Å². The molecule has 192 valence electrons. The van der Waals surface area contributed by atoms with Crippen LogP contribution in [-0.4, -0.2) is 61.2 Å². The molecule has 7 rings (SSSR count). The minimum absolute atomic E-state index is 0.168. The van der Waals surface area contributed by atoms with Crippen molar-refractivity contribution in [1.29, 1.82) is 0 Å². The molecule has 38 heavy (non-hydrogen) atoms. The van der Waals surface area contributed by atoms with Crippen LogP contribution in [0.2, 0.25) is 0 Å². The van der Waals surface area contributed by atoms with Crippen molar-refractivity contribution in [2.24, 2.45) is 4.99 Å². The van der Waals surface area contributed by atoms with E-state index in [4.69, 9.17) is 9.72 Å². The molecule has 0 saturated carbocycles. The highest BCUT2D eigenvalue weighted by Gasteiger charge is 2.34. The van der Waals surface area contributed by atoms with Gasteiger partial charge in [-0.05, 0) is 65.9 Å². The summed E-state index contributed by atoms with van der Waals surface area (Å²) in [7, 11) is 0. The summed E-state index contributed by atoms with van der Waals surface area (Å²) < 4.78 is 20.6. The number of allylic oxidation sites excluding steroid dienone is 2. The molecule has 1 aliphatic carbocycles. The van der Waals surface area contributed by atoms with Gasteiger partial charge in [0.05, 0.1) is 41.7 Å². The topological polar surface area (TPSA) is 78.9 Å². The number of nitrogens with one attached hydrogen (secondary N) is 2. The van der Waals surface area contributed by atoms with Crippen LogP contribution < -0.4 is 15.5 Å². The van der Waals surface area contributed by atoms with Crippen molar-refractivity contribution in [3.8, 4) is 11.1 Å². The third kappa shape index (κ3) is 4.10. The number of amides is 2. The number of aromatic nitrogens is 1. The largest absolute Gasteiger partial charge is 0.375 e. The number of halogens is 1. The van der Waals surface area contributed by atoms with E-state index in [9.17, 15) is 9.18 Å². The molecule has 1 aromatic heterocycles. The smallest absolute Gasteiger partial charge is 0.342 e. The normalized spacial score (nSPS) is 24.5. The zero-order valence-corrected chi connectivity index (χ0v) is 21.1. The first-order valence-electron chi connectivity index (χ1n) is 13.1. The van der Waals surface area contributed by atoms with E-state index in [1.54, 1.807) is 12.1 Å². The number of nitrogens with zero attached hydrogens (tertiary/aromatic N) is 3. The lowest BCUT2D eigenvalue weighted by Crippen LogP contribution is -2.58. The average molecular weight is 510 g/mol. The highest BCUT2D eigenvalue weighted by atomic mass is 19.1. The third-order valence-electron chi connectivity index (χ3n) is 7.83. The van der Waals surface area contributed by atoms with E-state index in [1.807, 2.05) is 43.5 Å². The third-order valence-corrected chi connectivity index (χ3v) is 7.83. The molecule has 0 spiro atoms. The number of urea groups is 1. The number of rotatable bonds is 3. The Kier molecular flexibility index (Phi) is 5.60. The molecule has 4 aliphatic rings. The van der Waals surface area contributed by atoms with Gasteiger partial charge in [0.2, 0.25) is 0 Å². The average Bonchev–Trinajstić information content (AvgIpc) is 3.30. The van der Waals surface area contributed by atoms with Crippen LogP contribution in [0.15, 0.2) is 65.8 Å². The van der Waals surface area contributed by atoms with Crippen LogP contribution in [0.25, 0.3) is 27.6 Å². The summed E-state index contributed by atoms with van der Waals surface area (Å²) in [5.41, 5.74) is 7.25. The lowest BCUT2D eigenvalue weighted by atomic mass is 9.92. The molecule has 4 heterocycles. The zero-order valence-electron chi connectivity index (χ0n) is 21.1. The number of hydrogen-bond donors (Lipinski definition) is 2. The van der Waals surface area contributed by atoms with Crippen LogP contribution in [0.3, 0.4) is 0 Å². The number of hydrogen-bond acceptors (Lipinski definition) is 5. The molecule has 3 atom stereocenters. The fourth-order valence-corrected chi connectivity index (χ4v) is 6.07. The standard InChI is InChI=1S/C30H28FN5O2/c1-17-10-20(12-21(31)11-17)23-15-33-24-4-2-18(19-3-5-25-26(14-19)35-30(37)34-25)13-22(24)29(23)36-8-6-28-27(16-36)32-7-9-38-28/h2-5,10-15,25,27-28,32H,6-9,16H2,1H3,(H,34,37)/t25?,27-,28?/m1/s1. The number of piperidine rings is 1. The second-order valence-electron chi connectivity index (χ2n) is 10.4. The van der Waals surface area contributed by atoms with Gasteiger partial charge in [-0.25, -0.2) is 9.18 Å². The molecule has 2 fully saturated rings. The molecule has 8 heteroatoms. The molecular formula is C30H28FN5O2. The second kappa shape index (κ2) is 9.15. The first-order chi connectivity index (χ1) is 18.5. The number of carbonyl (C=O) groups excluding carboxylic acids is 1. The highest BCUT2D eigenvalue weighted by Crippen LogP contribution is 2.40. The fourth-order valence-electron chi connectivity index (χ4n) is 6.07. The molecule has 3 aliphatic heterocycles. The van der Waals surface area contributed by atoms with Crippen molar-refractivity contribution in [3.05, 3.63) is 77.8 Å². The van der Waals surface area contributed by atoms with Crippen molar-refractivity contribution in [2.75, 3.05) is 31.1 Å². The number of ether oxygens (including phenoxy) is 1. The molecule has 2 N–H and O–H groups in total. The quantitative estimate of drug-likeness (QED) is 0.547. The van der Waals surface area contributed by atoms with E-state index >= 15 is 0 Å². The maximum absolute atomic E-state index is 14.5. The second-order valence-corrected chi connectivity index (χ2v) is 10.4. The monoisotopic (exact) mass is 509 g/mol. The van der Waals surface area contributed by atoms with Gasteiger partial charge in [0.25, 0.3) is 0 Å². The summed E-state index contributed by atoms with van der Waals surface area (Å²) in [6.07, 6.45) is 8.95. The molecular weight excluding hydrogens is 481 g/mol. The maximum Gasteiger partial charge on any atom is 0.342 e. The summed E-state index contributed by atoms with van der Waals surface area (Å²) in [5.74, 6) is -0.256. The Morgan fingerprint density at radius 1 is 1.16 bits per heavy atom. The van der Waals surface area contributed by atoms with Gasteiger partial charge in [0.15, 0.2) is 0 Å². The van der Waals surface area contributed by atoms with E-state index in [1.165, 1.54) is 0 Å². The Morgan fingerprint density at radius 2 is 2.08 bits per heavy atom. The summed E-state index contributed by atoms with van der Waals surface area (Å²) >= 11 is 0. The van der Waals surface area contributed by atoms with Gasteiger partial charge in [-0.15, -0.1) is 0 Å². The first-order valence-corrected chi connectivity index (χ1v) is 13.1. The van der Waals surface area contributed by atoms with Gasteiger partial charge >= 0.3 is 6.03 Å². The van der Waals surface area contributed by atoms with Crippen LogP contribution in [0.4, 0.5) is 14.9 Å². The predicted octanol–water partition coefficient (Wildman–Crippen LogP) is 4.40. The number of anilines is 1. The van der Waals surface area contributed by atoms with Crippen molar-refractivity contribution in [2.45, 2.75) is 31.5 Å². The van der Waals surface area contributed by atoms with Crippen molar-refractivity contribution < 1.29 is 13.9 Å². The minimum Gasteiger partial charge on any atom is -0.375 e. The Labute approximate surface area is 220 Å². The van der Waals surface area contributed by atoms with Crippen molar-refractivity contribution in [3.63, 3.8) is 0 Å². The van der Waals surface area contributed by atoms with Gasteiger partial charge in [-0.1, -0.05) is 24.3 Å².